The molecule has 0 saturated heterocycles. The summed E-state index contributed by atoms with van der Waals surface area (Å²) in [5, 5.41) is 4.95. The lowest BCUT2D eigenvalue weighted by molar-refractivity contribution is 0.464. The van der Waals surface area contributed by atoms with Crippen LogP contribution in [-0.2, 0) is 10.8 Å². The zero-order valence-electron chi connectivity index (χ0n) is 33.9. The highest BCUT2D eigenvalue weighted by Gasteiger charge is 2.41. The number of nitrogens with zero attached hydrogens (tertiary/aromatic N) is 1. The molecule has 3 nitrogen and oxygen atoms in total. The van der Waals surface area contributed by atoms with Crippen molar-refractivity contribution in [2.24, 2.45) is 0 Å². The van der Waals surface area contributed by atoms with E-state index in [1.165, 1.54) is 43.8 Å². The molecule has 2 aliphatic rings. The van der Waals surface area contributed by atoms with E-state index in [2.05, 4.69) is 204 Å². The summed E-state index contributed by atoms with van der Waals surface area (Å²) in [5.41, 5.74) is 14.0. The Kier molecular flexibility index (Phi) is 7.48. The third-order valence-electron chi connectivity index (χ3n) is 12.4. The van der Waals surface area contributed by atoms with Gasteiger partial charge in [-0.05, 0) is 90.2 Å². The highest BCUT2D eigenvalue weighted by molar-refractivity contribution is 6.98. The molecule has 0 aliphatic carbocycles. The van der Waals surface area contributed by atoms with E-state index in [1.54, 1.807) is 0 Å². The number of para-hydroxylation sites is 1. The Morgan fingerprint density at radius 1 is 0.448 bits per heavy atom. The van der Waals surface area contributed by atoms with Gasteiger partial charge in [0.05, 0.1) is 16.7 Å². The lowest BCUT2D eigenvalue weighted by Gasteiger charge is -2.34. The monoisotopic (exact) mass is 749 g/mol. The summed E-state index contributed by atoms with van der Waals surface area (Å²) in [6.45, 7) is 13.6. The average Bonchev–Trinajstić information content (AvgIpc) is 3.57. The predicted molar refractivity (Wildman–Crippen MR) is 244 cm³/mol. The fraction of sp³-hybridized carbons (Fsp3) is 0.148. The van der Waals surface area contributed by atoms with E-state index < -0.39 is 0 Å². The summed E-state index contributed by atoms with van der Waals surface area (Å²) in [5.74, 6) is 3.41. The van der Waals surface area contributed by atoms with Gasteiger partial charge in [0.2, 0.25) is 0 Å². The van der Waals surface area contributed by atoms with Crippen LogP contribution in [0.4, 0.5) is 0 Å². The van der Waals surface area contributed by atoms with Gasteiger partial charge in [-0.15, -0.1) is 0 Å². The summed E-state index contributed by atoms with van der Waals surface area (Å²) < 4.78 is 16.6. The number of aromatic nitrogens is 1. The Balaban J connectivity index is 1.15. The van der Waals surface area contributed by atoms with Crippen LogP contribution in [0.1, 0.15) is 52.7 Å². The molecule has 0 atom stereocenters. The molecule has 0 saturated carbocycles. The molecule has 58 heavy (non-hydrogen) atoms. The van der Waals surface area contributed by atoms with E-state index in [4.69, 9.17) is 9.47 Å². The van der Waals surface area contributed by atoms with Crippen molar-refractivity contribution in [1.29, 1.82) is 0 Å². The SMILES string of the molecule is CC(C)(C)c1ccccc1-c1ccc2c(c1)Oc1cc(-n3c4ccccc4c4c5ccccc5ccc43)cc3c1B2c1ccc(-c2ccccc2C(C)(C)C)cc1O3. The molecule has 0 bridgehead atoms. The highest BCUT2D eigenvalue weighted by Crippen LogP contribution is 2.43. The first-order valence-electron chi connectivity index (χ1n) is 20.5. The number of hydrogen-bond donors (Lipinski definition) is 0. The molecular formula is C54H44BNO2. The van der Waals surface area contributed by atoms with Gasteiger partial charge < -0.3 is 14.0 Å². The van der Waals surface area contributed by atoms with Gasteiger partial charge in [0, 0.05) is 28.4 Å². The number of ether oxygens (including phenoxy) is 2. The summed E-state index contributed by atoms with van der Waals surface area (Å²) in [6.07, 6.45) is 0. The predicted octanol–water partition coefficient (Wildman–Crippen LogP) is 12.6. The van der Waals surface area contributed by atoms with Gasteiger partial charge in [-0.25, -0.2) is 0 Å². The second kappa shape index (κ2) is 12.5. The molecule has 2 aliphatic heterocycles. The minimum absolute atomic E-state index is 0.0135. The molecule has 4 heteroatoms. The minimum atomic E-state index is -0.0625. The van der Waals surface area contributed by atoms with E-state index in [0.717, 1.165) is 67.2 Å². The fourth-order valence-electron chi connectivity index (χ4n) is 9.74. The Morgan fingerprint density at radius 3 is 1.55 bits per heavy atom. The van der Waals surface area contributed by atoms with Gasteiger partial charge in [-0.1, -0.05) is 163 Å². The van der Waals surface area contributed by atoms with Gasteiger partial charge in [-0.2, -0.15) is 0 Å². The molecule has 1 aromatic heterocycles. The topological polar surface area (TPSA) is 23.4 Å². The van der Waals surface area contributed by atoms with E-state index >= 15 is 0 Å². The third-order valence-corrected chi connectivity index (χ3v) is 12.4. The van der Waals surface area contributed by atoms with Gasteiger partial charge in [0.15, 0.2) is 0 Å². The van der Waals surface area contributed by atoms with Crippen molar-refractivity contribution in [2.75, 3.05) is 0 Å². The van der Waals surface area contributed by atoms with Crippen LogP contribution in [0.25, 0.3) is 60.5 Å². The minimum Gasteiger partial charge on any atom is -0.458 e. The Morgan fingerprint density at radius 2 is 0.966 bits per heavy atom. The van der Waals surface area contributed by atoms with Crippen LogP contribution in [0.5, 0.6) is 23.0 Å². The van der Waals surface area contributed by atoms with Crippen molar-refractivity contribution >= 4 is 55.7 Å². The van der Waals surface area contributed by atoms with Crippen LogP contribution in [0.3, 0.4) is 0 Å². The van der Waals surface area contributed by atoms with Crippen LogP contribution in [0.2, 0.25) is 0 Å². The molecule has 0 N–H and O–H groups in total. The Labute approximate surface area is 340 Å². The second-order valence-corrected chi connectivity index (χ2v) is 18.1. The lowest BCUT2D eigenvalue weighted by atomic mass is 9.34. The van der Waals surface area contributed by atoms with Gasteiger partial charge in [0.1, 0.15) is 23.0 Å². The van der Waals surface area contributed by atoms with E-state index in [9.17, 15) is 0 Å². The Hall–Kier alpha value is -6.52. The van der Waals surface area contributed by atoms with Crippen molar-refractivity contribution in [2.45, 2.75) is 52.4 Å². The standard InChI is InChI=1S/C54H44BNO2/c1-53(2,3)41-20-12-9-16-37(41)34-23-26-43-47(29-34)57-49-31-36(56-45-22-14-11-19-40(45)51-39-18-8-7-15-33(39)25-28-46(51)56)32-50-52(49)55(43)44-27-24-35(30-48(44)58-50)38-17-10-13-21-42(38)54(4,5)6/h7-32H,1-6H3. The zero-order chi connectivity index (χ0) is 39.5. The van der Waals surface area contributed by atoms with Crippen molar-refractivity contribution in [3.05, 3.63) is 169 Å². The number of fused-ring (bicyclic) bond motifs is 9. The molecule has 11 rings (SSSR count). The summed E-state index contributed by atoms with van der Waals surface area (Å²) >= 11 is 0. The van der Waals surface area contributed by atoms with Crippen molar-refractivity contribution in [1.82, 2.24) is 4.57 Å². The number of rotatable bonds is 3. The normalized spacial score (nSPS) is 13.2. The van der Waals surface area contributed by atoms with Gasteiger partial charge >= 0.3 is 0 Å². The summed E-state index contributed by atoms with van der Waals surface area (Å²) in [7, 11) is 0. The summed E-state index contributed by atoms with van der Waals surface area (Å²) in [6, 6.07) is 57.5. The van der Waals surface area contributed by atoms with E-state index in [0.29, 0.717) is 0 Å². The van der Waals surface area contributed by atoms with Gasteiger partial charge in [-0.3, -0.25) is 0 Å². The molecule has 3 heterocycles. The quantitative estimate of drug-likeness (QED) is 0.168. The fourth-order valence-corrected chi connectivity index (χ4v) is 9.74. The van der Waals surface area contributed by atoms with Crippen LogP contribution in [0, 0.1) is 0 Å². The molecule has 8 aromatic carbocycles. The lowest BCUT2D eigenvalue weighted by Crippen LogP contribution is -2.57. The first-order chi connectivity index (χ1) is 28.0. The number of benzene rings is 8. The molecule has 0 unspecified atom stereocenters. The molecule has 0 amide bonds. The van der Waals surface area contributed by atoms with E-state index in [-0.39, 0.29) is 17.5 Å². The molecule has 0 spiro atoms. The van der Waals surface area contributed by atoms with Crippen molar-refractivity contribution < 1.29 is 9.47 Å². The molecule has 0 fully saturated rings. The highest BCUT2D eigenvalue weighted by atomic mass is 16.5. The summed E-state index contributed by atoms with van der Waals surface area (Å²) in [4.78, 5) is 0. The van der Waals surface area contributed by atoms with Crippen LogP contribution >= 0.6 is 0 Å². The molecular weight excluding hydrogens is 705 g/mol. The Bertz CT molecular complexity index is 3020. The molecule has 0 radical (unpaired) electrons. The maximum absolute atomic E-state index is 7.11. The number of hydrogen-bond acceptors (Lipinski definition) is 2. The van der Waals surface area contributed by atoms with Crippen molar-refractivity contribution in [3.63, 3.8) is 0 Å². The molecule has 280 valence electrons. The van der Waals surface area contributed by atoms with Crippen LogP contribution < -0.4 is 25.9 Å². The van der Waals surface area contributed by atoms with Crippen LogP contribution in [0.15, 0.2) is 158 Å². The smallest absolute Gasteiger partial charge is 0.260 e. The maximum atomic E-state index is 7.11. The first kappa shape index (κ1) is 34.7. The zero-order valence-corrected chi connectivity index (χ0v) is 33.9. The van der Waals surface area contributed by atoms with Gasteiger partial charge in [0.25, 0.3) is 6.71 Å². The second-order valence-electron chi connectivity index (χ2n) is 18.1. The molecule has 9 aromatic rings. The van der Waals surface area contributed by atoms with Crippen LogP contribution in [-0.4, -0.2) is 11.3 Å². The van der Waals surface area contributed by atoms with E-state index in [1.807, 2.05) is 0 Å². The average molecular weight is 750 g/mol. The third kappa shape index (κ3) is 5.28. The first-order valence-corrected chi connectivity index (χ1v) is 20.5. The van der Waals surface area contributed by atoms with Crippen molar-refractivity contribution in [3.8, 4) is 50.9 Å². The largest absolute Gasteiger partial charge is 0.458 e. The maximum Gasteiger partial charge on any atom is 0.260 e.